The van der Waals surface area contributed by atoms with Gasteiger partial charge >= 0.3 is 0 Å². The van der Waals surface area contributed by atoms with E-state index in [1.54, 1.807) is 0 Å². The normalized spacial score (nSPS) is 10.7. The average molecular weight is 360 g/mol. The molecule has 0 amide bonds. The number of hydrogen-bond donors (Lipinski definition) is 0. The highest BCUT2D eigenvalue weighted by molar-refractivity contribution is 5.58. The van der Waals surface area contributed by atoms with Gasteiger partial charge in [-0.3, -0.25) is 0 Å². The molecule has 28 heavy (non-hydrogen) atoms. The molecule has 4 aromatic carbocycles. The zero-order chi connectivity index (χ0) is 19.1. The van der Waals surface area contributed by atoms with Gasteiger partial charge in [0, 0.05) is 0 Å². The molecule has 0 spiro atoms. The van der Waals surface area contributed by atoms with Crippen LogP contribution < -0.4 is 0 Å². The highest BCUT2D eigenvalue weighted by Gasteiger charge is 2.35. The van der Waals surface area contributed by atoms with Crippen LogP contribution >= 0.6 is 0 Å². The SMILES string of the molecule is C(=Nc1ccccc1)=NC(c1ccccc1)(c1ccccc1)c1ccccc1. The molecule has 0 unspecified atom stereocenters. The van der Waals surface area contributed by atoms with E-state index in [2.05, 4.69) is 47.4 Å². The Morgan fingerprint density at radius 3 is 1.21 bits per heavy atom. The maximum absolute atomic E-state index is 4.94. The quantitative estimate of drug-likeness (QED) is 0.287. The molecule has 4 rings (SSSR count). The molecule has 4 aromatic rings. The summed E-state index contributed by atoms with van der Waals surface area (Å²) in [5, 5.41) is 0. The standard InChI is InChI=1S/C26H20N2/c1-5-13-22(14-6-1)26(23-15-7-2-8-16-23,24-17-9-3-10-18-24)28-21-27-25-19-11-4-12-20-25/h1-20H. The lowest BCUT2D eigenvalue weighted by Crippen LogP contribution is -2.26. The van der Waals surface area contributed by atoms with E-state index < -0.39 is 5.54 Å². The van der Waals surface area contributed by atoms with Gasteiger partial charge in [0.2, 0.25) is 0 Å². The molecule has 0 aliphatic heterocycles. The van der Waals surface area contributed by atoms with Gasteiger partial charge in [0.25, 0.3) is 0 Å². The lowest BCUT2D eigenvalue weighted by Gasteiger charge is -2.30. The molecule has 0 saturated heterocycles. The fraction of sp³-hybridized carbons (Fsp3) is 0.0385. The topological polar surface area (TPSA) is 24.7 Å². The molecule has 2 heteroatoms. The second-order valence-electron chi connectivity index (χ2n) is 6.47. The lowest BCUT2D eigenvalue weighted by molar-refractivity contribution is 0.660. The summed E-state index contributed by atoms with van der Waals surface area (Å²) in [5.41, 5.74) is 3.33. The van der Waals surface area contributed by atoms with Gasteiger partial charge in [-0.1, -0.05) is 109 Å². The molecular weight excluding hydrogens is 340 g/mol. The average Bonchev–Trinajstić information content (AvgIpc) is 2.79. The first kappa shape index (κ1) is 17.7. The van der Waals surface area contributed by atoms with E-state index in [0.29, 0.717) is 0 Å². The van der Waals surface area contributed by atoms with Crippen LogP contribution in [0.25, 0.3) is 0 Å². The summed E-state index contributed by atoms with van der Waals surface area (Å²) in [6, 6.07) is 43.7. The van der Waals surface area contributed by atoms with E-state index in [4.69, 9.17) is 4.99 Å². The first-order valence-corrected chi connectivity index (χ1v) is 9.29. The molecule has 0 fully saturated rings. The van der Waals surface area contributed by atoms with E-state index in [-0.39, 0.29) is 0 Å². The molecule has 0 aromatic heterocycles. The Morgan fingerprint density at radius 1 is 0.464 bits per heavy atom. The third-order valence-electron chi connectivity index (χ3n) is 4.73. The van der Waals surface area contributed by atoms with Gasteiger partial charge in [0.15, 0.2) is 0 Å². The van der Waals surface area contributed by atoms with E-state index in [9.17, 15) is 0 Å². The summed E-state index contributed by atoms with van der Waals surface area (Å²) in [4.78, 5) is 9.40. The van der Waals surface area contributed by atoms with Crippen molar-refractivity contribution in [2.75, 3.05) is 0 Å². The van der Waals surface area contributed by atoms with Gasteiger partial charge in [-0.2, -0.15) is 4.99 Å². The van der Waals surface area contributed by atoms with Crippen LogP contribution in [-0.4, -0.2) is 6.01 Å². The lowest BCUT2D eigenvalue weighted by atomic mass is 9.77. The fourth-order valence-corrected chi connectivity index (χ4v) is 3.39. The van der Waals surface area contributed by atoms with Gasteiger partial charge in [-0.25, -0.2) is 4.99 Å². The van der Waals surface area contributed by atoms with E-state index >= 15 is 0 Å². The van der Waals surface area contributed by atoms with Crippen LogP contribution in [0.1, 0.15) is 16.7 Å². The number of benzene rings is 4. The molecule has 134 valence electrons. The van der Waals surface area contributed by atoms with Crippen molar-refractivity contribution < 1.29 is 0 Å². The Hall–Kier alpha value is -3.74. The number of hydrogen-bond acceptors (Lipinski definition) is 2. The molecule has 0 saturated carbocycles. The van der Waals surface area contributed by atoms with Crippen LogP contribution in [0.3, 0.4) is 0 Å². The molecule has 2 nitrogen and oxygen atoms in total. The van der Waals surface area contributed by atoms with E-state index in [0.717, 1.165) is 22.4 Å². The molecule has 0 aliphatic carbocycles. The molecule has 0 N–H and O–H groups in total. The van der Waals surface area contributed by atoms with Crippen molar-refractivity contribution in [2.45, 2.75) is 5.54 Å². The van der Waals surface area contributed by atoms with Crippen LogP contribution in [0.15, 0.2) is 131 Å². The zero-order valence-electron chi connectivity index (χ0n) is 15.4. The van der Waals surface area contributed by atoms with Crippen molar-refractivity contribution in [1.29, 1.82) is 0 Å². The molecule has 0 heterocycles. The smallest absolute Gasteiger partial charge is 0.147 e. The van der Waals surface area contributed by atoms with Crippen molar-refractivity contribution in [1.82, 2.24) is 0 Å². The van der Waals surface area contributed by atoms with Gasteiger partial charge in [-0.15, -0.1) is 0 Å². The largest absolute Gasteiger partial charge is 0.204 e. The Morgan fingerprint density at radius 2 is 0.821 bits per heavy atom. The molecule has 0 radical (unpaired) electrons. The summed E-state index contributed by atoms with van der Waals surface area (Å²) in [7, 11) is 0. The van der Waals surface area contributed by atoms with Crippen LogP contribution in [0.2, 0.25) is 0 Å². The molecule has 0 atom stereocenters. The number of aliphatic imine (C=N–C) groups is 2. The van der Waals surface area contributed by atoms with Crippen LogP contribution in [0.5, 0.6) is 0 Å². The van der Waals surface area contributed by atoms with Gasteiger partial charge in [0.05, 0.1) is 11.7 Å². The Bertz CT molecular complexity index is 970. The van der Waals surface area contributed by atoms with Crippen LogP contribution in [-0.2, 0) is 5.54 Å². The van der Waals surface area contributed by atoms with Crippen molar-refractivity contribution in [3.8, 4) is 0 Å². The zero-order valence-corrected chi connectivity index (χ0v) is 15.4. The summed E-state index contributed by atoms with van der Waals surface area (Å²) in [6.45, 7) is 0. The summed E-state index contributed by atoms with van der Waals surface area (Å²) < 4.78 is 0. The van der Waals surface area contributed by atoms with Gasteiger partial charge in [0.1, 0.15) is 5.54 Å². The summed E-state index contributed by atoms with van der Waals surface area (Å²) in [5.74, 6) is 0. The fourth-order valence-electron chi connectivity index (χ4n) is 3.39. The van der Waals surface area contributed by atoms with Crippen molar-refractivity contribution in [3.63, 3.8) is 0 Å². The third-order valence-corrected chi connectivity index (χ3v) is 4.73. The Kier molecular flexibility index (Phi) is 5.24. The van der Waals surface area contributed by atoms with Crippen molar-refractivity contribution >= 4 is 11.7 Å². The monoisotopic (exact) mass is 360 g/mol. The second-order valence-corrected chi connectivity index (χ2v) is 6.47. The first-order valence-electron chi connectivity index (χ1n) is 9.29. The van der Waals surface area contributed by atoms with E-state index in [1.807, 2.05) is 84.9 Å². The first-order chi connectivity index (χ1) is 13.9. The minimum Gasteiger partial charge on any atom is -0.204 e. The second kappa shape index (κ2) is 8.30. The Labute approximate surface area is 165 Å². The maximum Gasteiger partial charge on any atom is 0.147 e. The summed E-state index contributed by atoms with van der Waals surface area (Å²) >= 11 is 0. The minimum absolute atomic E-state index is 0.720. The predicted molar refractivity (Wildman–Crippen MR) is 115 cm³/mol. The third kappa shape index (κ3) is 3.55. The Balaban J connectivity index is 1.97. The highest BCUT2D eigenvalue weighted by Crippen LogP contribution is 2.40. The van der Waals surface area contributed by atoms with Crippen LogP contribution in [0.4, 0.5) is 5.69 Å². The molecule has 0 bridgehead atoms. The van der Waals surface area contributed by atoms with Crippen molar-refractivity contribution in [3.05, 3.63) is 138 Å². The van der Waals surface area contributed by atoms with Crippen molar-refractivity contribution in [2.24, 2.45) is 9.98 Å². The minimum atomic E-state index is -0.720. The molecular formula is C26H20N2. The van der Waals surface area contributed by atoms with Crippen LogP contribution in [0, 0.1) is 0 Å². The van der Waals surface area contributed by atoms with E-state index in [1.165, 1.54) is 0 Å². The highest BCUT2D eigenvalue weighted by atomic mass is 14.9. The predicted octanol–water partition coefficient (Wildman–Crippen LogP) is 6.48. The number of rotatable bonds is 5. The molecule has 0 aliphatic rings. The van der Waals surface area contributed by atoms with Gasteiger partial charge in [-0.05, 0) is 28.8 Å². The maximum atomic E-state index is 4.94. The number of nitrogens with zero attached hydrogens (tertiary/aromatic N) is 2. The number of para-hydroxylation sites is 1. The summed E-state index contributed by atoms with van der Waals surface area (Å²) in [6.07, 6.45) is 0. The van der Waals surface area contributed by atoms with Gasteiger partial charge < -0.3 is 0 Å².